The van der Waals surface area contributed by atoms with Gasteiger partial charge in [0.2, 0.25) is 0 Å². The molecule has 1 unspecified atom stereocenters. The first-order chi connectivity index (χ1) is 11.1. The SMILES string of the molecule is CCOC(=O)N1Cc2c(OC)cc(CNC)c(OC)c2CC1C. The minimum Gasteiger partial charge on any atom is -0.496 e. The predicted octanol–water partition coefficient (Wildman–Crippen LogP) is 2.33. The van der Waals surface area contributed by atoms with E-state index in [1.165, 1.54) is 0 Å². The van der Waals surface area contributed by atoms with E-state index >= 15 is 0 Å². The fraction of sp³-hybridized carbons (Fsp3) is 0.588. The Morgan fingerprint density at radius 3 is 2.65 bits per heavy atom. The minimum absolute atomic E-state index is 0.0463. The molecule has 0 aromatic heterocycles. The molecule has 0 saturated carbocycles. The molecule has 1 atom stereocenters. The Balaban J connectivity index is 2.47. The molecule has 1 aromatic rings. The van der Waals surface area contributed by atoms with Crippen LogP contribution in [0.5, 0.6) is 11.5 Å². The maximum atomic E-state index is 12.2. The van der Waals surface area contributed by atoms with E-state index in [0.29, 0.717) is 26.1 Å². The van der Waals surface area contributed by atoms with Crippen LogP contribution in [0.25, 0.3) is 0 Å². The van der Waals surface area contributed by atoms with Crippen LogP contribution in [0, 0.1) is 0 Å². The maximum Gasteiger partial charge on any atom is 0.410 e. The molecule has 1 aliphatic heterocycles. The van der Waals surface area contributed by atoms with Crippen molar-refractivity contribution in [1.82, 2.24) is 10.2 Å². The molecule has 0 saturated heterocycles. The standard InChI is InChI=1S/C17H26N2O4/c1-6-23-17(20)19-10-14-13(7-11(19)2)16(22-5)12(9-18-3)8-15(14)21-4/h8,11,18H,6-7,9-10H2,1-5H3. The van der Waals surface area contributed by atoms with Crippen LogP contribution in [-0.4, -0.2) is 44.9 Å². The molecule has 2 rings (SSSR count). The topological polar surface area (TPSA) is 60.0 Å². The van der Waals surface area contributed by atoms with Crippen molar-refractivity contribution < 1.29 is 19.0 Å². The van der Waals surface area contributed by atoms with Gasteiger partial charge in [0, 0.05) is 29.3 Å². The largest absolute Gasteiger partial charge is 0.496 e. The lowest BCUT2D eigenvalue weighted by Gasteiger charge is -2.36. The van der Waals surface area contributed by atoms with Crippen molar-refractivity contribution in [1.29, 1.82) is 0 Å². The van der Waals surface area contributed by atoms with Crippen molar-refractivity contribution in [3.05, 3.63) is 22.8 Å². The number of nitrogens with one attached hydrogen (secondary N) is 1. The van der Waals surface area contributed by atoms with E-state index in [0.717, 1.165) is 28.2 Å². The number of rotatable bonds is 5. The number of nitrogens with zero attached hydrogens (tertiary/aromatic N) is 1. The number of hydrogen-bond donors (Lipinski definition) is 1. The Bertz CT molecular complexity index is 574. The van der Waals surface area contributed by atoms with Crippen LogP contribution in [-0.2, 0) is 24.2 Å². The molecule has 1 heterocycles. The van der Waals surface area contributed by atoms with Crippen LogP contribution < -0.4 is 14.8 Å². The average molecular weight is 322 g/mol. The molecule has 0 spiro atoms. The third-order valence-electron chi connectivity index (χ3n) is 4.19. The van der Waals surface area contributed by atoms with Crippen molar-refractivity contribution >= 4 is 6.09 Å². The first-order valence-corrected chi connectivity index (χ1v) is 7.90. The number of methoxy groups -OCH3 is 2. The van der Waals surface area contributed by atoms with Gasteiger partial charge in [0.1, 0.15) is 11.5 Å². The Labute approximate surface area is 137 Å². The molecule has 6 heteroatoms. The van der Waals surface area contributed by atoms with Gasteiger partial charge in [0.05, 0.1) is 27.4 Å². The van der Waals surface area contributed by atoms with Crippen LogP contribution in [0.2, 0.25) is 0 Å². The van der Waals surface area contributed by atoms with Gasteiger partial charge in [-0.1, -0.05) is 0 Å². The lowest BCUT2D eigenvalue weighted by Crippen LogP contribution is -2.43. The molecule has 0 fully saturated rings. The molecule has 6 nitrogen and oxygen atoms in total. The summed E-state index contributed by atoms with van der Waals surface area (Å²) in [6.45, 7) is 5.37. The van der Waals surface area contributed by atoms with E-state index < -0.39 is 0 Å². The summed E-state index contributed by atoms with van der Waals surface area (Å²) in [5.74, 6) is 1.66. The molecule has 128 valence electrons. The van der Waals surface area contributed by atoms with Crippen LogP contribution in [0.3, 0.4) is 0 Å². The van der Waals surface area contributed by atoms with E-state index in [1.54, 1.807) is 19.1 Å². The number of carbonyl (C=O) groups is 1. The quantitative estimate of drug-likeness (QED) is 0.901. The number of benzene rings is 1. The van der Waals surface area contributed by atoms with Gasteiger partial charge in [-0.2, -0.15) is 0 Å². The summed E-state index contributed by atoms with van der Waals surface area (Å²) in [5, 5.41) is 3.15. The van der Waals surface area contributed by atoms with Gasteiger partial charge in [-0.3, -0.25) is 0 Å². The Hall–Kier alpha value is -1.95. The van der Waals surface area contributed by atoms with Gasteiger partial charge in [-0.25, -0.2) is 4.79 Å². The highest BCUT2D eigenvalue weighted by molar-refractivity contribution is 5.69. The van der Waals surface area contributed by atoms with E-state index in [4.69, 9.17) is 14.2 Å². The number of ether oxygens (including phenoxy) is 3. The second-order valence-corrected chi connectivity index (χ2v) is 5.64. The van der Waals surface area contributed by atoms with Crippen molar-refractivity contribution in [2.45, 2.75) is 39.4 Å². The highest BCUT2D eigenvalue weighted by Crippen LogP contribution is 2.39. The van der Waals surface area contributed by atoms with Gasteiger partial charge in [0.25, 0.3) is 0 Å². The Morgan fingerprint density at radius 2 is 2.09 bits per heavy atom. The van der Waals surface area contributed by atoms with E-state index in [-0.39, 0.29) is 12.1 Å². The van der Waals surface area contributed by atoms with Crippen molar-refractivity contribution in [3.8, 4) is 11.5 Å². The van der Waals surface area contributed by atoms with Crippen molar-refractivity contribution in [3.63, 3.8) is 0 Å². The van der Waals surface area contributed by atoms with Crippen molar-refractivity contribution in [2.24, 2.45) is 0 Å². The third-order valence-corrected chi connectivity index (χ3v) is 4.19. The predicted molar refractivity (Wildman–Crippen MR) is 88.0 cm³/mol. The number of fused-ring (bicyclic) bond motifs is 1. The molecule has 1 amide bonds. The molecule has 1 aliphatic rings. The summed E-state index contributed by atoms with van der Waals surface area (Å²) in [6.07, 6.45) is 0.427. The molecule has 0 radical (unpaired) electrons. The summed E-state index contributed by atoms with van der Waals surface area (Å²) in [5.41, 5.74) is 3.17. The molecular weight excluding hydrogens is 296 g/mol. The lowest BCUT2D eigenvalue weighted by atomic mass is 9.91. The lowest BCUT2D eigenvalue weighted by molar-refractivity contribution is 0.0853. The van der Waals surface area contributed by atoms with Crippen LogP contribution in [0.1, 0.15) is 30.5 Å². The van der Waals surface area contributed by atoms with Crippen molar-refractivity contribution in [2.75, 3.05) is 27.9 Å². The van der Waals surface area contributed by atoms with Crippen LogP contribution in [0.4, 0.5) is 4.79 Å². The Morgan fingerprint density at radius 1 is 1.35 bits per heavy atom. The smallest absolute Gasteiger partial charge is 0.410 e. The van der Waals surface area contributed by atoms with E-state index in [9.17, 15) is 4.79 Å². The van der Waals surface area contributed by atoms with Gasteiger partial charge in [-0.05, 0) is 33.4 Å². The molecule has 1 aromatic carbocycles. The maximum absolute atomic E-state index is 12.2. The molecule has 0 bridgehead atoms. The Kier molecular flexibility index (Phi) is 5.71. The zero-order valence-electron chi connectivity index (χ0n) is 14.6. The number of hydrogen-bond acceptors (Lipinski definition) is 5. The molecule has 23 heavy (non-hydrogen) atoms. The molecule has 0 aliphatic carbocycles. The van der Waals surface area contributed by atoms with Gasteiger partial charge in [-0.15, -0.1) is 0 Å². The summed E-state index contributed by atoms with van der Waals surface area (Å²) in [7, 11) is 5.23. The highest BCUT2D eigenvalue weighted by atomic mass is 16.6. The summed E-state index contributed by atoms with van der Waals surface area (Å²) in [4.78, 5) is 13.9. The fourth-order valence-corrected chi connectivity index (χ4v) is 3.12. The average Bonchev–Trinajstić information content (AvgIpc) is 2.54. The molecular formula is C17H26N2O4. The zero-order valence-corrected chi connectivity index (χ0v) is 14.6. The molecule has 1 N–H and O–H groups in total. The minimum atomic E-state index is -0.286. The highest BCUT2D eigenvalue weighted by Gasteiger charge is 2.32. The van der Waals surface area contributed by atoms with Gasteiger partial charge >= 0.3 is 6.09 Å². The van der Waals surface area contributed by atoms with Gasteiger partial charge in [0.15, 0.2) is 0 Å². The van der Waals surface area contributed by atoms with Crippen LogP contribution >= 0.6 is 0 Å². The normalized spacial score (nSPS) is 16.7. The first-order valence-electron chi connectivity index (χ1n) is 7.90. The first kappa shape index (κ1) is 17.4. The zero-order chi connectivity index (χ0) is 17.0. The third kappa shape index (κ3) is 3.37. The van der Waals surface area contributed by atoms with E-state index in [2.05, 4.69) is 5.32 Å². The summed E-state index contributed by atoms with van der Waals surface area (Å²) in [6, 6.07) is 2.03. The monoisotopic (exact) mass is 322 g/mol. The fourth-order valence-electron chi connectivity index (χ4n) is 3.12. The second kappa shape index (κ2) is 7.55. The number of amides is 1. The second-order valence-electron chi connectivity index (χ2n) is 5.64. The summed E-state index contributed by atoms with van der Waals surface area (Å²) >= 11 is 0. The van der Waals surface area contributed by atoms with Crippen LogP contribution in [0.15, 0.2) is 6.07 Å². The van der Waals surface area contributed by atoms with E-state index in [1.807, 2.05) is 27.0 Å². The van der Waals surface area contributed by atoms with Gasteiger partial charge < -0.3 is 24.4 Å². The summed E-state index contributed by atoms with van der Waals surface area (Å²) < 4.78 is 16.4. The number of carbonyl (C=O) groups excluding carboxylic acids is 1.